The molecule has 1 rings (SSSR count). The number of ether oxygens (including phenoxy) is 1. The van der Waals surface area contributed by atoms with Crippen LogP contribution in [0.3, 0.4) is 0 Å². The Bertz CT molecular complexity index is 106. The molecule has 1 nitrogen and oxygen atoms in total. The highest BCUT2D eigenvalue weighted by molar-refractivity contribution is 4.79. The van der Waals surface area contributed by atoms with Crippen molar-refractivity contribution in [2.45, 2.75) is 52.7 Å². The summed E-state index contributed by atoms with van der Waals surface area (Å²) in [5, 5.41) is 0. The SMILES string of the molecule is CC1CC(C)(C)C[C@H](C)O1. The average Bonchev–Trinajstić information content (AvgIpc) is 1.54. The third kappa shape index (κ3) is 1.98. The van der Waals surface area contributed by atoms with Gasteiger partial charge in [0.1, 0.15) is 0 Å². The number of rotatable bonds is 0. The molecule has 0 radical (unpaired) electrons. The molecule has 2 atom stereocenters. The van der Waals surface area contributed by atoms with Crippen LogP contribution in [0.25, 0.3) is 0 Å². The van der Waals surface area contributed by atoms with Crippen molar-refractivity contribution in [3.8, 4) is 0 Å². The van der Waals surface area contributed by atoms with Crippen molar-refractivity contribution in [3.63, 3.8) is 0 Å². The highest BCUT2D eigenvalue weighted by Gasteiger charge is 2.29. The molecular weight excluding hydrogens is 124 g/mol. The van der Waals surface area contributed by atoms with Gasteiger partial charge in [0.2, 0.25) is 0 Å². The Labute approximate surface area is 63.8 Å². The summed E-state index contributed by atoms with van der Waals surface area (Å²) < 4.78 is 5.62. The minimum atomic E-state index is 0.457. The lowest BCUT2D eigenvalue weighted by Gasteiger charge is -2.37. The molecule has 1 unspecified atom stereocenters. The first-order valence-corrected chi connectivity index (χ1v) is 4.15. The van der Waals surface area contributed by atoms with Crippen LogP contribution in [0.5, 0.6) is 0 Å². The third-order valence-electron chi connectivity index (χ3n) is 2.14. The van der Waals surface area contributed by atoms with Crippen LogP contribution >= 0.6 is 0 Å². The molecule has 1 saturated heterocycles. The first-order valence-electron chi connectivity index (χ1n) is 4.15. The molecule has 1 fully saturated rings. The molecule has 0 aromatic carbocycles. The molecule has 10 heavy (non-hydrogen) atoms. The average molecular weight is 142 g/mol. The molecule has 0 N–H and O–H groups in total. The maximum Gasteiger partial charge on any atom is 0.0555 e. The molecule has 60 valence electrons. The van der Waals surface area contributed by atoms with E-state index >= 15 is 0 Å². The lowest BCUT2D eigenvalue weighted by molar-refractivity contribution is -0.0760. The van der Waals surface area contributed by atoms with Gasteiger partial charge in [-0.3, -0.25) is 0 Å². The highest BCUT2D eigenvalue weighted by atomic mass is 16.5. The summed E-state index contributed by atoms with van der Waals surface area (Å²) in [6.07, 6.45) is 3.33. The van der Waals surface area contributed by atoms with Crippen LogP contribution in [0.15, 0.2) is 0 Å². The standard InChI is InChI=1S/C9H18O/c1-7-5-9(3,4)6-8(2)10-7/h7-8H,5-6H2,1-4H3/t7-,8?/m0/s1. The lowest BCUT2D eigenvalue weighted by Crippen LogP contribution is -2.34. The van der Waals surface area contributed by atoms with E-state index in [1.54, 1.807) is 0 Å². The van der Waals surface area contributed by atoms with Crippen LogP contribution < -0.4 is 0 Å². The van der Waals surface area contributed by atoms with E-state index in [2.05, 4.69) is 27.7 Å². The van der Waals surface area contributed by atoms with Crippen LogP contribution in [0, 0.1) is 5.41 Å². The van der Waals surface area contributed by atoms with E-state index in [9.17, 15) is 0 Å². The molecule has 0 amide bonds. The van der Waals surface area contributed by atoms with Crippen molar-refractivity contribution in [2.75, 3.05) is 0 Å². The van der Waals surface area contributed by atoms with Gasteiger partial charge in [-0.2, -0.15) is 0 Å². The van der Waals surface area contributed by atoms with Crippen molar-refractivity contribution in [2.24, 2.45) is 5.41 Å². The predicted octanol–water partition coefficient (Wildman–Crippen LogP) is 2.60. The van der Waals surface area contributed by atoms with Gasteiger partial charge in [-0.05, 0) is 32.1 Å². The van der Waals surface area contributed by atoms with Crippen LogP contribution in [0.2, 0.25) is 0 Å². The number of hydrogen-bond donors (Lipinski definition) is 0. The topological polar surface area (TPSA) is 9.23 Å². The van der Waals surface area contributed by atoms with E-state index in [0.717, 1.165) is 0 Å². The maximum absolute atomic E-state index is 5.62. The Balaban J connectivity index is 2.51. The second-order valence-corrected chi connectivity index (χ2v) is 4.33. The third-order valence-corrected chi connectivity index (χ3v) is 2.14. The quantitative estimate of drug-likeness (QED) is 0.505. The van der Waals surface area contributed by atoms with Gasteiger partial charge in [0, 0.05) is 0 Å². The summed E-state index contributed by atoms with van der Waals surface area (Å²) in [4.78, 5) is 0. The Morgan fingerprint density at radius 3 is 1.80 bits per heavy atom. The first-order chi connectivity index (χ1) is 4.49. The van der Waals surface area contributed by atoms with Gasteiger partial charge < -0.3 is 4.74 Å². The molecule has 0 aliphatic carbocycles. The van der Waals surface area contributed by atoms with Gasteiger partial charge in [0.15, 0.2) is 0 Å². The Morgan fingerprint density at radius 2 is 1.50 bits per heavy atom. The van der Waals surface area contributed by atoms with E-state index in [4.69, 9.17) is 4.74 Å². The lowest BCUT2D eigenvalue weighted by atomic mass is 9.80. The molecule has 1 aliphatic rings. The van der Waals surface area contributed by atoms with Crippen LogP contribution in [-0.4, -0.2) is 12.2 Å². The molecule has 0 bridgehead atoms. The van der Waals surface area contributed by atoms with Crippen molar-refractivity contribution < 1.29 is 4.74 Å². The zero-order valence-electron chi connectivity index (χ0n) is 7.48. The molecule has 1 heteroatoms. The van der Waals surface area contributed by atoms with Gasteiger partial charge in [-0.1, -0.05) is 13.8 Å². The van der Waals surface area contributed by atoms with Crippen LogP contribution in [-0.2, 0) is 4.74 Å². The molecule has 0 aromatic rings. The smallest absolute Gasteiger partial charge is 0.0555 e. The molecule has 0 saturated carbocycles. The van der Waals surface area contributed by atoms with E-state index < -0.39 is 0 Å². The molecule has 1 heterocycles. The van der Waals surface area contributed by atoms with E-state index in [-0.39, 0.29) is 0 Å². The largest absolute Gasteiger partial charge is 0.376 e. The van der Waals surface area contributed by atoms with Gasteiger partial charge in [0.25, 0.3) is 0 Å². The summed E-state index contributed by atoms with van der Waals surface area (Å²) in [5.41, 5.74) is 0.497. The van der Waals surface area contributed by atoms with Crippen molar-refractivity contribution in [1.29, 1.82) is 0 Å². The molecular formula is C9H18O. The van der Waals surface area contributed by atoms with E-state index in [0.29, 0.717) is 17.6 Å². The second kappa shape index (κ2) is 2.54. The minimum absolute atomic E-state index is 0.457. The first kappa shape index (κ1) is 8.06. The monoisotopic (exact) mass is 142 g/mol. The fourth-order valence-electron chi connectivity index (χ4n) is 2.13. The second-order valence-electron chi connectivity index (χ2n) is 4.33. The Hall–Kier alpha value is -0.0400. The zero-order chi connectivity index (χ0) is 7.78. The van der Waals surface area contributed by atoms with Crippen molar-refractivity contribution in [1.82, 2.24) is 0 Å². The summed E-state index contributed by atoms with van der Waals surface area (Å²) in [6.45, 7) is 8.97. The van der Waals surface area contributed by atoms with Gasteiger partial charge in [-0.15, -0.1) is 0 Å². The van der Waals surface area contributed by atoms with Gasteiger partial charge in [0.05, 0.1) is 12.2 Å². The summed E-state index contributed by atoms with van der Waals surface area (Å²) in [6, 6.07) is 0. The maximum atomic E-state index is 5.62. The van der Waals surface area contributed by atoms with E-state index in [1.807, 2.05) is 0 Å². The van der Waals surface area contributed by atoms with Crippen LogP contribution in [0.4, 0.5) is 0 Å². The Kier molecular flexibility index (Phi) is 2.04. The summed E-state index contributed by atoms with van der Waals surface area (Å²) >= 11 is 0. The van der Waals surface area contributed by atoms with Crippen molar-refractivity contribution >= 4 is 0 Å². The summed E-state index contributed by atoms with van der Waals surface area (Å²) in [5.74, 6) is 0. The number of hydrogen-bond acceptors (Lipinski definition) is 1. The fourth-order valence-corrected chi connectivity index (χ4v) is 2.13. The Morgan fingerprint density at radius 1 is 1.10 bits per heavy atom. The molecule has 0 aromatic heterocycles. The zero-order valence-corrected chi connectivity index (χ0v) is 7.48. The van der Waals surface area contributed by atoms with Crippen LogP contribution in [0.1, 0.15) is 40.5 Å². The minimum Gasteiger partial charge on any atom is -0.376 e. The van der Waals surface area contributed by atoms with Crippen molar-refractivity contribution in [3.05, 3.63) is 0 Å². The fraction of sp³-hybridized carbons (Fsp3) is 1.00. The normalized spacial score (nSPS) is 39.6. The van der Waals surface area contributed by atoms with E-state index in [1.165, 1.54) is 12.8 Å². The van der Waals surface area contributed by atoms with Gasteiger partial charge in [-0.25, -0.2) is 0 Å². The van der Waals surface area contributed by atoms with Gasteiger partial charge >= 0.3 is 0 Å². The predicted molar refractivity (Wildman–Crippen MR) is 43.0 cm³/mol. The molecule has 0 spiro atoms. The molecule has 1 aliphatic heterocycles. The summed E-state index contributed by atoms with van der Waals surface area (Å²) in [7, 11) is 0. The highest BCUT2D eigenvalue weighted by Crippen LogP contribution is 2.34.